The molecule has 1 fully saturated rings. The lowest BCUT2D eigenvalue weighted by Gasteiger charge is -2.33. The first kappa shape index (κ1) is 19.5. The Labute approximate surface area is 167 Å². The van der Waals surface area contributed by atoms with Gasteiger partial charge in [0.15, 0.2) is 0 Å². The lowest BCUT2D eigenvalue weighted by molar-refractivity contribution is -0.120. The zero-order chi connectivity index (χ0) is 19.4. The molecule has 0 spiro atoms. The normalized spacial score (nSPS) is 17.9. The zero-order valence-corrected chi connectivity index (χ0v) is 16.8. The lowest BCUT2D eigenvalue weighted by atomic mass is 10.0. The summed E-state index contributed by atoms with van der Waals surface area (Å²) < 4.78 is 28.2. The third-order valence-corrected chi connectivity index (χ3v) is 6.89. The molecule has 0 saturated carbocycles. The molecule has 1 heterocycles. The number of hydrogen-bond acceptors (Lipinski definition) is 4. The van der Waals surface area contributed by atoms with E-state index in [1.54, 1.807) is 36.4 Å². The number of carbonyl (C=O) groups excluding carboxylic acids is 1. The minimum absolute atomic E-state index is 0.164. The van der Waals surface area contributed by atoms with Gasteiger partial charge < -0.3 is 5.32 Å². The molecule has 27 heavy (non-hydrogen) atoms. The molecule has 1 aliphatic rings. The van der Waals surface area contributed by atoms with Crippen LogP contribution < -0.4 is 5.32 Å². The highest BCUT2D eigenvalue weighted by molar-refractivity contribution is 9.10. The summed E-state index contributed by atoms with van der Waals surface area (Å²) in [6.07, 6.45) is 1.95. The quantitative estimate of drug-likeness (QED) is 0.775. The van der Waals surface area contributed by atoms with Gasteiger partial charge in [-0.3, -0.25) is 4.79 Å². The maximum absolute atomic E-state index is 13.1. The fourth-order valence-corrected chi connectivity index (χ4v) is 5.01. The van der Waals surface area contributed by atoms with Crippen molar-refractivity contribution >= 4 is 37.5 Å². The van der Waals surface area contributed by atoms with E-state index in [1.807, 2.05) is 6.07 Å². The summed E-state index contributed by atoms with van der Waals surface area (Å²) in [7, 11) is -3.78. The van der Waals surface area contributed by atoms with Crippen LogP contribution in [0.25, 0.3) is 0 Å². The summed E-state index contributed by atoms with van der Waals surface area (Å²) in [5, 5.41) is 11.7. The third kappa shape index (κ3) is 4.38. The lowest BCUT2D eigenvalue weighted by Crippen LogP contribution is -2.49. The fraction of sp³-hybridized carbons (Fsp3) is 0.263. The number of nitrogens with zero attached hydrogens (tertiary/aromatic N) is 2. The molecule has 0 radical (unpaired) electrons. The van der Waals surface area contributed by atoms with E-state index < -0.39 is 16.1 Å². The van der Waals surface area contributed by atoms with E-state index in [-0.39, 0.29) is 10.8 Å². The largest absolute Gasteiger partial charge is 0.325 e. The summed E-state index contributed by atoms with van der Waals surface area (Å²) in [5.41, 5.74) is 0.904. The topological polar surface area (TPSA) is 90.3 Å². The van der Waals surface area contributed by atoms with Gasteiger partial charge in [0, 0.05) is 16.7 Å². The van der Waals surface area contributed by atoms with Gasteiger partial charge in [-0.2, -0.15) is 9.57 Å². The van der Waals surface area contributed by atoms with Crippen LogP contribution in [0.4, 0.5) is 5.69 Å². The van der Waals surface area contributed by atoms with E-state index in [9.17, 15) is 13.2 Å². The SMILES string of the molecule is N#Cc1cccc(NC(=O)[C@H]2CCCCN2S(=O)(=O)c2ccc(Br)cc2)c1. The number of amides is 1. The molecule has 0 bridgehead atoms. The minimum atomic E-state index is -3.78. The molecule has 3 rings (SSSR count). The number of sulfonamides is 1. The van der Waals surface area contributed by atoms with Gasteiger partial charge in [0.05, 0.1) is 16.5 Å². The number of nitrogens with one attached hydrogen (secondary N) is 1. The number of halogens is 1. The van der Waals surface area contributed by atoms with E-state index in [0.717, 1.165) is 10.9 Å². The molecule has 2 aromatic rings. The van der Waals surface area contributed by atoms with Crippen LogP contribution >= 0.6 is 15.9 Å². The van der Waals surface area contributed by atoms with Crippen LogP contribution in [0.1, 0.15) is 24.8 Å². The van der Waals surface area contributed by atoms with Crippen molar-refractivity contribution in [1.82, 2.24) is 4.31 Å². The Morgan fingerprint density at radius 2 is 1.93 bits per heavy atom. The van der Waals surface area contributed by atoms with Gasteiger partial charge in [0.25, 0.3) is 0 Å². The number of anilines is 1. The molecule has 1 saturated heterocycles. The zero-order valence-electron chi connectivity index (χ0n) is 14.4. The number of nitriles is 1. The van der Waals surface area contributed by atoms with Gasteiger partial charge in [0.2, 0.25) is 15.9 Å². The molecule has 140 valence electrons. The smallest absolute Gasteiger partial charge is 0.243 e. The van der Waals surface area contributed by atoms with E-state index in [4.69, 9.17) is 5.26 Å². The highest BCUT2D eigenvalue weighted by Crippen LogP contribution is 2.27. The molecule has 6 nitrogen and oxygen atoms in total. The number of piperidine rings is 1. The van der Waals surface area contributed by atoms with Crippen LogP contribution in [0, 0.1) is 11.3 Å². The molecule has 8 heteroatoms. The summed E-state index contributed by atoms with van der Waals surface area (Å²) >= 11 is 3.30. The Kier molecular flexibility index (Phi) is 5.95. The Balaban J connectivity index is 1.85. The maximum Gasteiger partial charge on any atom is 0.243 e. The molecule has 1 aliphatic heterocycles. The molecule has 0 unspecified atom stereocenters. The molecular weight excluding hydrogens is 430 g/mol. The van der Waals surface area contributed by atoms with Crippen LogP contribution in [-0.4, -0.2) is 31.2 Å². The first-order valence-electron chi connectivity index (χ1n) is 8.50. The standard InChI is InChI=1S/C19H18BrN3O3S/c20-15-7-9-17(10-8-15)27(25,26)23-11-2-1-6-18(23)19(24)22-16-5-3-4-14(12-16)13-21/h3-5,7-10,12,18H,1-2,6,11H2,(H,22,24)/t18-/m1/s1. The Morgan fingerprint density at radius 1 is 1.19 bits per heavy atom. The van der Waals surface area contributed by atoms with Gasteiger partial charge in [-0.25, -0.2) is 8.42 Å². The van der Waals surface area contributed by atoms with Gasteiger partial charge in [-0.1, -0.05) is 28.4 Å². The van der Waals surface area contributed by atoms with Gasteiger partial charge in [0.1, 0.15) is 6.04 Å². The minimum Gasteiger partial charge on any atom is -0.325 e. The van der Waals surface area contributed by atoms with Crippen molar-refractivity contribution in [3.8, 4) is 6.07 Å². The highest BCUT2D eigenvalue weighted by Gasteiger charge is 2.37. The predicted molar refractivity (Wildman–Crippen MR) is 105 cm³/mol. The Bertz CT molecular complexity index is 984. The Morgan fingerprint density at radius 3 is 2.63 bits per heavy atom. The van der Waals surface area contributed by atoms with Crippen LogP contribution in [-0.2, 0) is 14.8 Å². The van der Waals surface area contributed by atoms with Crippen LogP contribution in [0.5, 0.6) is 0 Å². The van der Waals surface area contributed by atoms with Crippen molar-refractivity contribution in [2.45, 2.75) is 30.2 Å². The van der Waals surface area contributed by atoms with Crippen LogP contribution in [0.3, 0.4) is 0 Å². The summed E-state index contributed by atoms with van der Waals surface area (Å²) in [4.78, 5) is 13.0. The van der Waals surface area contributed by atoms with Crippen molar-refractivity contribution < 1.29 is 13.2 Å². The average molecular weight is 448 g/mol. The molecule has 2 aromatic carbocycles. The maximum atomic E-state index is 13.1. The van der Waals surface area contributed by atoms with Crippen LogP contribution in [0.15, 0.2) is 57.9 Å². The first-order chi connectivity index (χ1) is 12.9. The average Bonchev–Trinajstić information content (AvgIpc) is 2.68. The number of benzene rings is 2. The molecule has 1 atom stereocenters. The van der Waals surface area contributed by atoms with Crippen molar-refractivity contribution in [2.24, 2.45) is 0 Å². The second kappa shape index (κ2) is 8.21. The summed E-state index contributed by atoms with van der Waals surface area (Å²) in [5.74, 6) is -0.384. The van der Waals surface area contributed by atoms with Crippen LogP contribution in [0.2, 0.25) is 0 Å². The first-order valence-corrected chi connectivity index (χ1v) is 10.7. The summed E-state index contributed by atoms with van der Waals surface area (Å²) in [6, 6.07) is 14.2. The number of hydrogen-bond donors (Lipinski definition) is 1. The van der Waals surface area contributed by atoms with E-state index in [1.165, 1.54) is 16.4 Å². The van der Waals surface area contributed by atoms with Crippen molar-refractivity contribution in [2.75, 3.05) is 11.9 Å². The number of rotatable bonds is 4. The molecule has 0 aliphatic carbocycles. The van der Waals surface area contributed by atoms with Gasteiger partial charge in [-0.05, 0) is 55.3 Å². The van der Waals surface area contributed by atoms with Crippen molar-refractivity contribution in [3.63, 3.8) is 0 Å². The molecular formula is C19H18BrN3O3S. The second-order valence-electron chi connectivity index (χ2n) is 6.26. The molecule has 1 N–H and O–H groups in total. The predicted octanol–water partition coefficient (Wildman–Crippen LogP) is 3.50. The Hall–Kier alpha value is -2.21. The van der Waals surface area contributed by atoms with E-state index in [0.29, 0.717) is 30.6 Å². The third-order valence-electron chi connectivity index (χ3n) is 4.44. The van der Waals surface area contributed by atoms with Crippen molar-refractivity contribution in [1.29, 1.82) is 5.26 Å². The fourth-order valence-electron chi connectivity index (χ4n) is 3.09. The van der Waals surface area contributed by atoms with Crippen molar-refractivity contribution in [3.05, 3.63) is 58.6 Å². The molecule has 1 amide bonds. The number of carbonyl (C=O) groups is 1. The second-order valence-corrected chi connectivity index (χ2v) is 9.07. The highest BCUT2D eigenvalue weighted by atomic mass is 79.9. The van der Waals surface area contributed by atoms with Gasteiger partial charge in [-0.15, -0.1) is 0 Å². The van der Waals surface area contributed by atoms with Gasteiger partial charge >= 0.3 is 0 Å². The monoisotopic (exact) mass is 447 g/mol. The molecule has 0 aromatic heterocycles. The van der Waals surface area contributed by atoms with E-state index in [2.05, 4.69) is 21.2 Å². The summed E-state index contributed by atoms with van der Waals surface area (Å²) in [6.45, 7) is 0.300. The van der Waals surface area contributed by atoms with E-state index >= 15 is 0 Å².